The number of rotatable bonds is 1. The highest BCUT2D eigenvalue weighted by atomic mass is 16.5. The van der Waals surface area contributed by atoms with E-state index in [-0.39, 0.29) is 5.60 Å². The Morgan fingerprint density at radius 3 is 2.75 bits per heavy atom. The minimum atomic E-state index is -0.158. The van der Waals surface area contributed by atoms with Gasteiger partial charge in [-0.25, -0.2) is 0 Å². The third-order valence-electron chi connectivity index (χ3n) is 2.48. The average Bonchev–Trinajstić information content (AvgIpc) is 2.59. The average molecular weight is 166 g/mol. The second-order valence-electron chi connectivity index (χ2n) is 3.59. The Morgan fingerprint density at radius 1 is 1.42 bits per heavy atom. The lowest BCUT2D eigenvalue weighted by Gasteiger charge is -2.19. The zero-order chi connectivity index (χ0) is 8.60. The van der Waals surface area contributed by atoms with Crippen molar-refractivity contribution in [1.82, 2.24) is 0 Å². The maximum Gasteiger partial charge on any atom is 0.135 e. The van der Waals surface area contributed by atoms with Crippen molar-refractivity contribution in [2.45, 2.75) is 32.3 Å². The van der Waals surface area contributed by atoms with E-state index in [1.807, 2.05) is 19.1 Å². The highest BCUT2D eigenvalue weighted by Crippen LogP contribution is 2.36. The Hall–Kier alpha value is -0.760. The third-order valence-corrected chi connectivity index (χ3v) is 2.48. The second kappa shape index (κ2) is 2.63. The minimum Gasteiger partial charge on any atom is -0.463 e. The first-order chi connectivity index (χ1) is 5.71. The van der Waals surface area contributed by atoms with E-state index in [2.05, 4.69) is 6.92 Å². The Balaban J connectivity index is 2.28. The van der Waals surface area contributed by atoms with Crippen LogP contribution in [0.5, 0.6) is 0 Å². The zero-order valence-corrected chi connectivity index (χ0v) is 7.59. The van der Waals surface area contributed by atoms with Gasteiger partial charge in [0.05, 0.1) is 0 Å². The van der Waals surface area contributed by atoms with Crippen LogP contribution in [0.1, 0.15) is 31.3 Å². The molecule has 66 valence electrons. The van der Waals surface area contributed by atoms with Gasteiger partial charge in [0.25, 0.3) is 0 Å². The lowest BCUT2D eigenvalue weighted by Crippen LogP contribution is -2.18. The van der Waals surface area contributed by atoms with Crippen LogP contribution in [0.15, 0.2) is 16.5 Å². The second-order valence-corrected chi connectivity index (χ2v) is 3.59. The number of hydrogen-bond acceptors (Lipinski definition) is 2. The van der Waals surface area contributed by atoms with Crippen LogP contribution >= 0.6 is 0 Å². The molecule has 1 aliphatic rings. The van der Waals surface area contributed by atoms with Gasteiger partial charge in [-0.05, 0) is 38.8 Å². The Morgan fingerprint density at radius 2 is 2.25 bits per heavy atom. The predicted octanol–water partition coefficient (Wildman–Crippen LogP) is 2.61. The molecule has 1 saturated heterocycles. The molecule has 0 spiro atoms. The Bertz CT molecular complexity index is 269. The summed E-state index contributed by atoms with van der Waals surface area (Å²) in [5.41, 5.74) is -0.158. The highest BCUT2D eigenvalue weighted by Gasteiger charge is 2.34. The molecule has 0 radical (unpaired) electrons. The van der Waals surface area contributed by atoms with E-state index >= 15 is 0 Å². The van der Waals surface area contributed by atoms with Crippen molar-refractivity contribution in [2.24, 2.45) is 0 Å². The lowest BCUT2D eigenvalue weighted by atomic mass is 10.0. The molecule has 1 atom stereocenters. The van der Waals surface area contributed by atoms with Gasteiger partial charge in [-0.1, -0.05) is 0 Å². The van der Waals surface area contributed by atoms with Gasteiger partial charge in [-0.3, -0.25) is 0 Å². The quantitative estimate of drug-likeness (QED) is 0.639. The van der Waals surface area contributed by atoms with Crippen LogP contribution in [0, 0.1) is 6.92 Å². The van der Waals surface area contributed by atoms with E-state index in [1.165, 1.54) is 0 Å². The lowest BCUT2D eigenvalue weighted by molar-refractivity contribution is -0.00141. The van der Waals surface area contributed by atoms with Crippen LogP contribution in [0.4, 0.5) is 0 Å². The molecule has 0 amide bonds. The van der Waals surface area contributed by atoms with Crippen LogP contribution in [-0.4, -0.2) is 6.61 Å². The molecule has 0 saturated carbocycles. The van der Waals surface area contributed by atoms with E-state index in [0.717, 1.165) is 31.0 Å². The maximum atomic E-state index is 5.65. The van der Waals surface area contributed by atoms with E-state index < -0.39 is 0 Å². The van der Waals surface area contributed by atoms with Crippen LogP contribution in [-0.2, 0) is 10.3 Å². The van der Waals surface area contributed by atoms with Crippen molar-refractivity contribution in [1.29, 1.82) is 0 Å². The summed E-state index contributed by atoms with van der Waals surface area (Å²) in [7, 11) is 0. The molecule has 1 aromatic rings. The molecule has 2 nitrogen and oxygen atoms in total. The first-order valence-electron chi connectivity index (χ1n) is 4.42. The monoisotopic (exact) mass is 166 g/mol. The summed E-state index contributed by atoms with van der Waals surface area (Å²) in [5.74, 6) is 1.93. The Kier molecular flexibility index (Phi) is 1.72. The summed E-state index contributed by atoms with van der Waals surface area (Å²) in [5, 5.41) is 0. The van der Waals surface area contributed by atoms with Gasteiger partial charge in [0.15, 0.2) is 0 Å². The first kappa shape index (κ1) is 7.87. The largest absolute Gasteiger partial charge is 0.463 e. The summed E-state index contributed by atoms with van der Waals surface area (Å²) in [6.07, 6.45) is 2.20. The fourth-order valence-corrected chi connectivity index (χ4v) is 1.69. The van der Waals surface area contributed by atoms with E-state index in [4.69, 9.17) is 9.15 Å². The number of furan rings is 1. The summed E-state index contributed by atoms with van der Waals surface area (Å²) < 4.78 is 11.2. The fourth-order valence-electron chi connectivity index (χ4n) is 1.69. The van der Waals surface area contributed by atoms with Crippen LogP contribution in [0.25, 0.3) is 0 Å². The van der Waals surface area contributed by atoms with Gasteiger partial charge < -0.3 is 9.15 Å². The molecule has 12 heavy (non-hydrogen) atoms. The van der Waals surface area contributed by atoms with Gasteiger partial charge in [0, 0.05) is 6.61 Å². The van der Waals surface area contributed by atoms with Crippen molar-refractivity contribution >= 4 is 0 Å². The number of aryl methyl sites for hydroxylation is 1. The molecule has 0 bridgehead atoms. The standard InChI is InChI=1S/C10H14O2/c1-8-4-5-9(12-8)10(2)6-3-7-11-10/h4-5H,3,6-7H2,1-2H3/t10-/m1/s1. The van der Waals surface area contributed by atoms with Gasteiger partial charge >= 0.3 is 0 Å². The molecular formula is C10H14O2. The normalized spacial score (nSPS) is 29.5. The molecule has 1 aromatic heterocycles. The van der Waals surface area contributed by atoms with Gasteiger partial charge in [0.2, 0.25) is 0 Å². The van der Waals surface area contributed by atoms with Crippen LogP contribution < -0.4 is 0 Å². The molecule has 2 rings (SSSR count). The van der Waals surface area contributed by atoms with Crippen molar-refractivity contribution in [3.8, 4) is 0 Å². The molecular weight excluding hydrogens is 152 g/mol. The van der Waals surface area contributed by atoms with Crippen molar-refractivity contribution < 1.29 is 9.15 Å². The number of hydrogen-bond donors (Lipinski definition) is 0. The molecule has 1 fully saturated rings. The molecule has 2 heteroatoms. The Labute approximate surface area is 72.5 Å². The summed E-state index contributed by atoms with van der Waals surface area (Å²) in [6.45, 7) is 4.91. The third kappa shape index (κ3) is 1.16. The SMILES string of the molecule is Cc1ccc([C@@]2(C)CCCO2)o1. The van der Waals surface area contributed by atoms with Crippen molar-refractivity contribution in [3.63, 3.8) is 0 Å². The van der Waals surface area contributed by atoms with E-state index in [0.29, 0.717) is 0 Å². The molecule has 0 N–H and O–H groups in total. The fraction of sp³-hybridized carbons (Fsp3) is 0.600. The topological polar surface area (TPSA) is 22.4 Å². The number of ether oxygens (including phenoxy) is 1. The molecule has 0 aliphatic carbocycles. The van der Waals surface area contributed by atoms with Crippen molar-refractivity contribution in [3.05, 3.63) is 23.7 Å². The molecule has 0 unspecified atom stereocenters. The van der Waals surface area contributed by atoms with E-state index in [1.54, 1.807) is 0 Å². The zero-order valence-electron chi connectivity index (χ0n) is 7.59. The van der Waals surface area contributed by atoms with Gasteiger partial charge in [-0.2, -0.15) is 0 Å². The van der Waals surface area contributed by atoms with Crippen LogP contribution in [0.3, 0.4) is 0 Å². The summed E-state index contributed by atoms with van der Waals surface area (Å²) in [4.78, 5) is 0. The minimum absolute atomic E-state index is 0.158. The maximum absolute atomic E-state index is 5.65. The van der Waals surface area contributed by atoms with Gasteiger partial charge in [0.1, 0.15) is 17.1 Å². The molecule has 1 aliphatic heterocycles. The predicted molar refractivity (Wildman–Crippen MR) is 46.0 cm³/mol. The molecule has 2 heterocycles. The van der Waals surface area contributed by atoms with E-state index in [9.17, 15) is 0 Å². The smallest absolute Gasteiger partial charge is 0.135 e. The molecule has 0 aromatic carbocycles. The van der Waals surface area contributed by atoms with Gasteiger partial charge in [-0.15, -0.1) is 0 Å². The summed E-state index contributed by atoms with van der Waals surface area (Å²) in [6, 6.07) is 4.00. The highest BCUT2D eigenvalue weighted by molar-refractivity contribution is 5.13. The first-order valence-corrected chi connectivity index (χ1v) is 4.42. The van der Waals surface area contributed by atoms with Crippen molar-refractivity contribution in [2.75, 3.05) is 6.61 Å². The summed E-state index contributed by atoms with van der Waals surface area (Å²) >= 11 is 0. The van der Waals surface area contributed by atoms with Crippen LogP contribution in [0.2, 0.25) is 0 Å².